The molecule has 1 aliphatic rings. The zero-order valence-corrected chi connectivity index (χ0v) is 14.3. The van der Waals surface area contributed by atoms with E-state index in [1.807, 2.05) is 30.3 Å². The zero-order chi connectivity index (χ0) is 18.1. The molecule has 1 aliphatic heterocycles. The lowest BCUT2D eigenvalue weighted by Gasteiger charge is -2.04. The molecule has 3 aromatic rings. The van der Waals surface area contributed by atoms with Gasteiger partial charge in [-0.3, -0.25) is 14.6 Å². The lowest BCUT2D eigenvalue weighted by Crippen LogP contribution is -2.06. The SMILES string of the molecule is O=C1Nc2cccc(Cl)c2/C1=C/C(=O)c1cncc(-c2ccccc2)c1. The van der Waals surface area contributed by atoms with Crippen LogP contribution in [0.25, 0.3) is 16.7 Å². The Balaban J connectivity index is 1.72. The van der Waals surface area contributed by atoms with E-state index in [0.29, 0.717) is 21.8 Å². The van der Waals surface area contributed by atoms with Crippen molar-refractivity contribution in [2.45, 2.75) is 0 Å². The van der Waals surface area contributed by atoms with Gasteiger partial charge in [-0.1, -0.05) is 48.0 Å². The van der Waals surface area contributed by atoms with Crippen LogP contribution in [0.1, 0.15) is 15.9 Å². The fourth-order valence-corrected chi connectivity index (χ4v) is 3.20. The van der Waals surface area contributed by atoms with E-state index in [1.165, 1.54) is 12.3 Å². The van der Waals surface area contributed by atoms with Crippen molar-refractivity contribution in [1.82, 2.24) is 4.98 Å². The monoisotopic (exact) mass is 360 g/mol. The van der Waals surface area contributed by atoms with Crippen LogP contribution >= 0.6 is 11.6 Å². The molecular weight excluding hydrogens is 348 g/mol. The summed E-state index contributed by atoms with van der Waals surface area (Å²) in [7, 11) is 0. The predicted molar refractivity (Wildman–Crippen MR) is 102 cm³/mol. The number of hydrogen-bond acceptors (Lipinski definition) is 3. The highest BCUT2D eigenvalue weighted by Crippen LogP contribution is 2.37. The number of pyridine rings is 1. The lowest BCUT2D eigenvalue weighted by molar-refractivity contribution is -0.110. The van der Waals surface area contributed by atoms with Crippen LogP contribution < -0.4 is 5.32 Å². The number of carbonyl (C=O) groups excluding carboxylic acids is 2. The van der Waals surface area contributed by atoms with Crippen molar-refractivity contribution in [2.75, 3.05) is 5.32 Å². The van der Waals surface area contributed by atoms with Crippen LogP contribution in [0.15, 0.2) is 73.1 Å². The molecule has 1 aromatic heterocycles. The van der Waals surface area contributed by atoms with Crippen LogP contribution in [0.2, 0.25) is 5.02 Å². The fourth-order valence-electron chi connectivity index (χ4n) is 2.92. The summed E-state index contributed by atoms with van der Waals surface area (Å²) in [6.07, 6.45) is 4.51. The van der Waals surface area contributed by atoms with Crippen molar-refractivity contribution in [3.8, 4) is 11.1 Å². The third-order valence-corrected chi connectivity index (χ3v) is 4.50. The largest absolute Gasteiger partial charge is 0.321 e. The molecule has 0 radical (unpaired) electrons. The second kappa shape index (κ2) is 6.58. The van der Waals surface area contributed by atoms with Crippen molar-refractivity contribution in [3.63, 3.8) is 0 Å². The van der Waals surface area contributed by atoms with Crippen molar-refractivity contribution in [2.24, 2.45) is 0 Å². The average Bonchev–Trinajstić information content (AvgIpc) is 2.99. The number of ketones is 1. The molecule has 0 atom stereocenters. The molecule has 26 heavy (non-hydrogen) atoms. The smallest absolute Gasteiger partial charge is 0.256 e. The molecule has 2 heterocycles. The van der Waals surface area contributed by atoms with Crippen LogP contribution in [0.4, 0.5) is 5.69 Å². The minimum atomic E-state index is -0.339. The molecule has 0 unspecified atom stereocenters. The average molecular weight is 361 g/mol. The van der Waals surface area contributed by atoms with Gasteiger partial charge in [-0.05, 0) is 29.8 Å². The molecule has 0 aliphatic carbocycles. The highest BCUT2D eigenvalue weighted by Gasteiger charge is 2.27. The van der Waals surface area contributed by atoms with E-state index in [1.54, 1.807) is 30.5 Å². The fraction of sp³-hybridized carbons (Fsp3) is 0. The molecule has 0 saturated heterocycles. The molecule has 5 heteroatoms. The number of carbonyl (C=O) groups is 2. The molecule has 126 valence electrons. The number of fused-ring (bicyclic) bond motifs is 1. The van der Waals surface area contributed by atoms with Gasteiger partial charge in [0, 0.05) is 29.1 Å². The number of anilines is 1. The van der Waals surface area contributed by atoms with E-state index < -0.39 is 0 Å². The van der Waals surface area contributed by atoms with Gasteiger partial charge in [0.2, 0.25) is 0 Å². The minimum Gasteiger partial charge on any atom is -0.321 e. The normalized spacial score (nSPS) is 14.2. The lowest BCUT2D eigenvalue weighted by atomic mass is 10.0. The Bertz CT molecular complexity index is 1060. The number of rotatable bonds is 3. The summed E-state index contributed by atoms with van der Waals surface area (Å²) in [5, 5.41) is 3.15. The van der Waals surface area contributed by atoms with E-state index in [-0.39, 0.29) is 17.3 Å². The number of allylic oxidation sites excluding steroid dienone is 1. The summed E-state index contributed by atoms with van der Waals surface area (Å²) >= 11 is 6.21. The Morgan fingerprint density at radius 1 is 1.00 bits per heavy atom. The van der Waals surface area contributed by atoms with E-state index in [4.69, 9.17) is 11.6 Å². The first kappa shape index (κ1) is 16.2. The van der Waals surface area contributed by atoms with Crippen molar-refractivity contribution >= 4 is 34.6 Å². The number of halogens is 1. The number of amides is 1. The van der Waals surface area contributed by atoms with Gasteiger partial charge >= 0.3 is 0 Å². The summed E-state index contributed by atoms with van der Waals surface area (Å²) in [4.78, 5) is 29.1. The Labute approximate surface area is 155 Å². The molecule has 0 fully saturated rings. The van der Waals surface area contributed by atoms with Gasteiger partial charge in [0.15, 0.2) is 5.78 Å². The van der Waals surface area contributed by atoms with Gasteiger partial charge in [0.1, 0.15) is 0 Å². The molecule has 4 rings (SSSR count). The minimum absolute atomic E-state index is 0.265. The highest BCUT2D eigenvalue weighted by molar-refractivity contribution is 6.41. The summed E-state index contributed by atoms with van der Waals surface area (Å²) in [5.74, 6) is -0.637. The molecule has 1 amide bonds. The number of hydrogen-bond donors (Lipinski definition) is 1. The van der Waals surface area contributed by atoms with Crippen molar-refractivity contribution < 1.29 is 9.59 Å². The van der Waals surface area contributed by atoms with E-state index >= 15 is 0 Å². The Morgan fingerprint density at radius 2 is 1.81 bits per heavy atom. The topological polar surface area (TPSA) is 59.1 Å². The maximum absolute atomic E-state index is 12.7. The van der Waals surface area contributed by atoms with Gasteiger partial charge in [0.25, 0.3) is 5.91 Å². The molecule has 2 aromatic carbocycles. The second-order valence-corrected chi connectivity index (χ2v) is 6.27. The first-order valence-electron chi connectivity index (χ1n) is 8.00. The van der Waals surface area contributed by atoms with Crippen molar-refractivity contribution in [1.29, 1.82) is 0 Å². The van der Waals surface area contributed by atoms with Gasteiger partial charge in [-0.25, -0.2) is 0 Å². The number of nitrogens with one attached hydrogen (secondary N) is 1. The quantitative estimate of drug-likeness (QED) is 0.547. The standard InChI is InChI=1S/C21H13ClN2O2/c22-17-7-4-8-18-20(17)16(21(26)24-18)10-19(25)15-9-14(11-23-12-15)13-5-2-1-3-6-13/h1-12H,(H,24,26)/b16-10-. The van der Waals surface area contributed by atoms with Crippen molar-refractivity contribution in [3.05, 3.63) is 89.2 Å². The highest BCUT2D eigenvalue weighted by atomic mass is 35.5. The second-order valence-electron chi connectivity index (χ2n) is 5.87. The van der Waals surface area contributed by atoms with E-state index in [0.717, 1.165) is 11.1 Å². The first-order chi connectivity index (χ1) is 12.6. The van der Waals surface area contributed by atoms with E-state index in [2.05, 4.69) is 10.3 Å². The molecule has 0 spiro atoms. The van der Waals surface area contributed by atoms with Crippen LogP contribution in [0.5, 0.6) is 0 Å². The molecular formula is C21H13ClN2O2. The van der Waals surface area contributed by atoms with Crippen LogP contribution in [0.3, 0.4) is 0 Å². The van der Waals surface area contributed by atoms with E-state index in [9.17, 15) is 9.59 Å². The number of benzene rings is 2. The van der Waals surface area contributed by atoms with Crippen LogP contribution in [-0.2, 0) is 4.79 Å². The summed E-state index contributed by atoms with van der Waals surface area (Å²) in [5.41, 5.74) is 3.64. The maximum Gasteiger partial charge on any atom is 0.256 e. The predicted octanol–water partition coefficient (Wildman–Crippen LogP) is 4.62. The molecule has 4 nitrogen and oxygen atoms in total. The Hall–Kier alpha value is -3.24. The third-order valence-electron chi connectivity index (χ3n) is 4.18. The molecule has 1 N–H and O–H groups in total. The van der Waals surface area contributed by atoms with Gasteiger partial charge < -0.3 is 5.32 Å². The van der Waals surface area contributed by atoms with Gasteiger partial charge in [-0.2, -0.15) is 0 Å². The summed E-state index contributed by atoms with van der Waals surface area (Å²) < 4.78 is 0. The summed E-state index contributed by atoms with van der Waals surface area (Å²) in [6.45, 7) is 0. The van der Waals surface area contributed by atoms with Crippen LogP contribution in [-0.4, -0.2) is 16.7 Å². The maximum atomic E-state index is 12.7. The summed E-state index contributed by atoms with van der Waals surface area (Å²) in [6, 6.07) is 16.6. The first-order valence-corrected chi connectivity index (χ1v) is 8.38. The van der Waals surface area contributed by atoms with Gasteiger partial charge in [-0.15, -0.1) is 0 Å². The Kier molecular flexibility index (Phi) is 4.11. The molecule has 0 bridgehead atoms. The molecule has 0 saturated carbocycles. The third kappa shape index (κ3) is 2.91. The Morgan fingerprint density at radius 3 is 2.62 bits per heavy atom. The van der Waals surface area contributed by atoms with Crippen LogP contribution in [0, 0.1) is 0 Å². The number of nitrogens with zero attached hydrogens (tertiary/aromatic N) is 1. The zero-order valence-electron chi connectivity index (χ0n) is 13.6. The van der Waals surface area contributed by atoms with Gasteiger partial charge in [0.05, 0.1) is 16.3 Å². The number of aromatic nitrogens is 1.